The van der Waals surface area contributed by atoms with Gasteiger partial charge in [-0.05, 0) is 117 Å². The lowest BCUT2D eigenvalue weighted by Gasteiger charge is -2.40. The van der Waals surface area contributed by atoms with Crippen molar-refractivity contribution in [2.24, 2.45) is 0 Å². The minimum Gasteiger partial charge on any atom is -0.481 e. The summed E-state index contributed by atoms with van der Waals surface area (Å²) < 4.78 is 20.2. The molecule has 266 valence electrons. The van der Waals surface area contributed by atoms with Crippen molar-refractivity contribution < 1.29 is 19.0 Å². The molecule has 0 radical (unpaired) electrons. The van der Waals surface area contributed by atoms with Crippen LogP contribution in [0, 0.1) is 12.7 Å². The smallest absolute Gasteiger partial charge is 0.211 e. The third-order valence-corrected chi connectivity index (χ3v) is 10.1. The second-order valence-corrected chi connectivity index (χ2v) is 14.0. The summed E-state index contributed by atoms with van der Waals surface area (Å²) in [5, 5.41) is 13.9. The molecule has 3 atom stereocenters. The number of benzene rings is 3. The van der Waals surface area contributed by atoms with Crippen molar-refractivity contribution in [2.75, 3.05) is 18.4 Å². The molecule has 2 N–H and O–H groups in total. The lowest BCUT2D eigenvalue weighted by molar-refractivity contribution is -0.105. The van der Waals surface area contributed by atoms with E-state index in [-0.39, 0.29) is 17.8 Å². The zero-order valence-electron chi connectivity index (χ0n) is 30.1. The molecule has 3 aromatic rings. The molecule has 8 heteroatoms. The number of aliphatic hydroxyl groups excluding tert-OH is 1. The summed E-state index contributed by atoms with van der Waals surface area (Å²) in [7, 11) is 0. The Kier molecular flexibility index (Phi) is 15.2. The number of anilines is 1. The Bertz CT molecular complexity index is 1600. The molecular formula is C41H53Cl2FN2O3. The quantitative estimate of drug-likeness (QED) is 0.129. The van der Waals surface area contributed by atoms with E-state index in [9.17, 15) is 14.3 Å². The van der Waals surface area contributed by atoms with Gasteiger partial charge in [0.25, 0.3) is 0 Å². The van der Waals surface area contributed by atoms with Gasteiger partial charge in [0.2, 0.25) is 6.41 Å². The van der Waals surface area contributed by atoms with Gasteiger partial charge in [-0.2, -0.15) is 0 Å². The van der Waals surface area contributed by atoms with Crippen molar-refractivity contribution >= 4 is 35.3 Å². The maximum Gasteiger partial charge on any atom is 0.211 e. The fraction of sp³-hybridized carbons (Fsp3) is 0.439. The summed E-state index contributed by atoms with van der Waals surface area (Å²) in [5.74, 6) is 0.873. The lowest BCUT2D eigenvalue weighted by atomic mass is 9.89. The monoisotopic (exact) mass is 710 g/mol. The molecule has 1 aliphatic heterocycles. The fourth-order valence-corrected chi connectivity index (χ4v) is 7.06. The average molecular weight is 712 g/mol. The molecule has 0 bridgehead atoms. The van der Waals surface area contributed by atoms with Crippen molar-refractivity contribution in [2.45, 2.75) is 104 Å². The Morgan fingerprint density at radius 2 is 1.73 bits per heavy atom. The van der Waals surface area contributed by atoms with Crippen molar-refractivity contribution in [3.8, 4) is 5.75 Å². The first-order chi connectivity index (χ1) is 23.3. The molecule has 1 fully saturated rings. The Labute approximate surface area is 303 Å². The second-order valence-electron chi connectivity index (χ2n) is 13.1. The molecular weight excluding hydrogens is 658 g/mol. The van der Waals surface area contributed by atoms with Crippen LogP contribution in [0.4, 0.5) is 10.1 Å². The highest BCUT2D eigenvalue weighted by Crippen LogP contribution is 2.40. The first kappa shape index (κ1) is 40.1. The van der Waals surface area contributed by atoms with E-state index in [1.54, 1.807) is 18.2 Å². The van der Waals surface area contributed by atoms with Gasteiger partial charge in [0.15, 0.2) is 0 Å². The largest absolute Gasteiger partial charge is 0.481 e. The van der Waals surface area contributed by atoms with Crippen LogP contribution in [0.15, 0.2) is 78.5 Å². The Balaban J connectivity index is 0.000000284. The molecule has 0 aromatic heterocycles. The van der Waals surface area contributed by atoms with Gasteiger partial charge in [0.1, 0.15) is 17.2 Å². The molecule has 4 rings (SSSR count). The number of allylic oxidation sites excluding steroid dienone is 2. The van der Waals surface area contributed by atoms with E-state index in [1.165, 1.54) is 17.7 Å². The molecule has 1 aliphatic rings. The third-order valence-electron chi connectivity index (χ3n) is 9.61. The Morgan fingerprint density at radius 1 is 1.06 bits per heavy atom. The van der Waals surface area contributed by atoms with Crippen LogP contribution in [0.5, 0.6) is 5.75 Å². The van der Waals surface area contributed by atoms with E-state index in [4.69, 9.17) is 27.9 Å². The maximum absolute atomic E-state index is 13.4. The minimum absolute atomic E-state index is 0.0505. The van der Waals surface area contributed by atoms with Crippen LogP contribution in [0.25, 0.3) is 0 Å². The molecule has 1 saturated heterocycles. The van der Waals surface area contributed by atoms with Crippen LogP contribution in [0.2, 0.25) is 10.0 Å². The van der Waals surface area contributed by atoms with E-state index in [2.05, 4.69) is 57.5 Å². The molecule has 1 amide bonds. The van der Waals surface area contributed by atoms with Gasteiger partial charge in [0, 0.05) is 34.7 Å². The standard InChI is InChI=1S/C25H38ClNO2.C16H15ClFNO/c1-7-10-18(4)15-19(5)23-16-21(26)11-12-24(23)29-25(8-2,9-3)20(6)27-14-13-22(28)17-27;1-10-3-5-13(18)8-15(10)11(2)14-6-4-12(17)7-16(14)19-9-20/h10-12,16,19,22,28H,6-9,13-15,17H2,1-5H3;3-9,11H,1-2H3,(H,19,20)/b18-10-;. The number of nitrogens with one attached hydrogen (secondary N) is 1. The lowest BCUT2D eigenvalue weighted by Crippen LogP contribution is -2.44. The summed E-state index contributed by atoms with van der Waals surface area (Å²) in [5.41, 5.74) is 6.45. The normalized spacial score (nSPS) is 16.0. The number of β-amino-alcohol motifs (C(OH)–C–C–N with tert-alkyl or cyclic N) is 1. The predicted octanol–water partition coefficient (Wildman–Crippen LogP) is 11.2. The summed E-state index contributed by atoms with van der Waals surface area (Å²) in [6.07, 6.45) is 7.07. The molecule has 49 heavy (non-hydrogen) atoms. The summed E-state index contributed by atoms with van der Waals surface area (Å²) >= 11 is 12.3. The molecule has 5 nitrogen and oxygen atoms in total. The first-order valence-corrected chi connectivity index (χ1v) is 18.1. The number of hydrogen-bond acceptors (Lipinski definition) is 4. The third kappa shape index (κ3) is 10.6. The maximum atomic E-state index is 13.4. The number of aryl methyl sites for hydroxylation is 1. The number of carbonyl (C=O) groups is 1. The van der Waals surface area contributed by atoms with Crippen molar-refractivity contribution in [3.63, 3.8) is 0 Å². The summed E-state index contributed by atoms with van der Waals surface area (Å²) in [4.78, 5) is 12.9. The predicted molar refractivity (Wildman–Crippen MR) is 204 cm³/mol. The first-order valence-electron chi connectivity index (χ1n) is 17.3. The van der Waals surface area contributed by atoms with E-state index < -0.39 is 5.60 Å². The highest BCUT2D eigenvalue weighted by Gasteiger charge is 2.38. The molecule has 3 unspecified atom stereocenters. The fourth-order valence-electron chi connectivity index (χ4n) is 6.71. The SMILES string of the molecule is C=C(N1CCC(O)C1)C(CC)(CC)Oc1ccc(Cl)cc1C(C)C/C(C)=C\CC.Cc1ccc(F)cc1C(C)c1ccc(Cl)cc1NC=O. The van der Waals surface area contributed by atoms with Gasteiger partial charge in [-0.1, -0.05) is 88.2 Å². The zero-order valence-corrected chi connectivity index (χ0v) is 31.6. The van der Waals surface area contributed by atoms with Crippen LogP contribution in [-0.2, 0) is 4.79 Å². The summed E-state index contributed by atoms with van der Waals surface area (Å²) in [6, 6.07) is 16.0. The zero-order chi connectivity index (χ0) is 36.3. The van der Waals surface area contributed by atoms with Gasteiger partial charge in [-0.25, -0.2) is 4.39 Å². The number of ether oxygens (including phenoxy) is 1. The molecule has 0 aliphatic carbocycles. The highest BCUT2D eigenvalue weighted by molar-refractivity contribution is 6.31. The highest BCUT2D eigenvalue weighted by atomic mass is 35.5. The number of halogens is 3. The Morgan fingerprint density at radius 3 is 2.35 bits per heavy atom. The minimum atomic E-state index is -0.485. The molecule has 0 spiro atoms. The number of amides is 1. The number of carbonyl (C=O) groups excluding carboxylic acids is 1. The van der Waals surface area contributed by atoms with Crippen molar-refractivity contribution in [1.82, 2.24) is 4.90 Å². The van der Waals surface area contributed by atoms with Gasteiger partial charge >= 0.3 is 0 Å². The number of hydrogen-bond donors (Lipinski definition) is 2. The second kappa shape index (κ2) is 18.6. The van der Waals surface area contributed by atoms with E-state index >= 15 is 0 Å². The van der Waals surface area contributed by atoms with Crippen LogP contribution in [0.3, 0.4) is 0 Å². The molecule has 0 saturated carbocycles. The number of aliphatic hydroxyl groups is 1. The topological polar surface area (TPSA) is 61.8 Å². The van der Waals surface area contributed by atoms with Crippen molar-refractivity contribution in [3.05, 3.63) is 117 Å². The molecule has 3 aromatic carbocycles. The number of likely N-dealkylation sites (tertiary alicyclic amines) is 1. The van der Waals surface area contributed by atoms with Gasteiger partial charge in [-0.3, -0.25) is 4.79 Å². The summed E-state index contributed by atoms with van der Waals surface area (Å²) in [6.45, 7) is 20.7. The van der Waals surface area contributed by atoms with E-state index in [0.717, 1.165) is 77.4 Å². The Hall–Kier alpha value is -3.32. The van der Waals surface area contributed by atoms with Gasteiger partial charge in [0.05, 0.1) is 11.8 Å². The van der Waals surface area contributed by atoms with Crippen LogP contribution >= 0.6 is 23.2 Å². The van der Waals surface area contributed by atoms with Gasteiger partial charge < -0.3 is 20.1 Å². The van der Waals surface area contributed by atoms with E-state index in [1.807, 2.05) is 38.1 Å². The number of nitrogens with zero attached hydrogens (tertiary/aromatic N) is 1. The van der Waals surface area contributed by atoms with Crippen LogP contribution in [-0.4, -0.2) is 41.2 Å². The van der Waals surface area contributed by atoms with Crippen LogP contribution < -0.4 is 10.1 Å². The van der Waals surface area contributed by atoms with E-state index in [0.29, 0.717) is 29.6 Å². The van der Waals surface area contributed by atoms with Crippen LogP contribution in [0.1, 0.15) is 108 Å². The average Bonchev–Trinajstić information content (AvgIpc) is 3.51. The van der Waals surface area contributed by atoms with Crippen molar-refractivity contribution in [1.29, 1.82) is 0 Å². The van der Waals surface area contributed by atoms with Gasteiger partial charge in [-0.15, -0.1) is 0 Å². The number of rotatable bonds is 14. The molecule has 1 heterocycles.